The van der Waals surface area contributed by atoms with Gasteiger partial charge in [-0.2, -0.15) is 0 Å². The van der Waals surface area contributed by atoms with Gasteiger partial charge in [-0.15, -0.1) is 0 Å². The van der Waals surface area contributed by atoms with Gasteiger partial charge in [0.1, 0.15) is 0 Å². The summed E-state index contributed by atoms with van der Waals surface area (Å²) in [6.45, 7) is 7.09. The Bertz CT molecular complexity index is 398. The van der Waals surface area contributed by atoms with E-state index in [-0.39, 0.29) is 11.9 Å². The number of carbonyl (C=O) groups excluding carboxylic acids is 1. The summed E-state index contributed by atoms with van der Waals surface area (Å²) in [4.78, 5) is 14.2. The molecule has 0 heterocycles. The first-order valence-corrected chi connectivity index (χ1v) is 7.01. The summed E-state index contributed by atoms with van der Waals surface area (Å²) in [7, 11) is 1.88. The Hall–Kier alpha value is -1.35. The Balaban J connectivity index is 2.70. The van der Waals surface area contributed by atoms with Crippen molar-refractivity contribution in [3.05, 3.63) is 35.4 Å². The Morgan fingerprint density at radius 1 is 1.21 bits per heavy atom. The number of hydrogen-bond acceptors (Lipinski definition) is 2. The van der Waals surface area contributed by atoms with Crippen LogP contribution in [0.4, 0.5) is 0 Å². The fourth-order valence-corrected chi connectivity index (χ4v) is 2.22. The molecular weight excluding hydrogens is 236 g/mol. The van der Waals surface area contributed by atoms with Crippen LogP contribution in [-0.2, 0) is 6.42 Å². The van der Waals surface area contributed by atoms with Crippen molar-refractivity contribution in [2.45, 2.75) is 39.7 Å². The van der Waals surface area contributed by atoms with E-state index in [4.69, 9.17) is 5.73 Å². The van der Waals surface area contributed by atoms with E-state index in [9.17, 15) is 4.79 Å². The number of nitrogens with zero attached hydrogens (tertiary/aromatic N) is 1. The highest BCUT2D eigenvalue weighted by Crippen LogP contribution is 2.14. The van der Waals surface area contributed by atoms with Gasteiger partial charge in [-0.05, 0) is 49.9 Å². The number of nitrogens with two attached hydrogens (primary N) is 1. The van der Waals surface area contributed by atoms with Crippen molar-refractivity contribution in [3.63, 3.8) is 0 Å². The molecule has 0 saturated carbocycles. The van der Waals surface area contributed by atoms with Gasteiger partial charge in [0.05, 0.1) is 0 Å². The Morgan fingerprint density at radius 2 is 1.79 bits per heavy atom. The zero-order valence-corrected chi connectivity index (χ0v) is 12.5. The predicted molar refractivity (Wildman–Crippen MR) is 80.2 cm³/mol. The molecular formula is C16H26N2O. The molecule has 0 saturated heterocycles. The lowest BCUT2D eigenvalue weighted by Crippen LogP contribution is -2.35. The van der Waals surface area contributed by atoms with Gasteiger partial charge in [0.25, 0.3) is 5.91 Å². The third-order valence-corrected chi connectivity index (χ3v) is 3.43. The average Bonchev–Trinajstić information content (AvgIpc) is 2.37. The van der Waals surface area contributed by atoms with Gasteiger partial charge < -0.3 is 10.6 Å². The van der Waals surface area contributed by atoms with Crippen molar-refractivity contribution >= 4 is 5.91 Å². The third-order valence-electron chi connectivity index (χ3n) is 3.43. The molecule has 0 aliphatic heterocycles. The molecule has 0 aliphatic carbocycles. The molecule has 0 radical (unpaired) electrons. The van der Waals surface area contributed by atoms with Crippen molar-refractivity contribution in [1.29, 1.82) is 0 Å². The minimum atomic E-state index is 0.0902. The zero-order valence-electron chi connectivity index (χ0n) is 12.5. The van der Waals surface area contributed by atoms with Crippen LogP contribution in [0.2, 0.25) is 0 Å². The third kappa shape index (κ3) is 4.67. The highest BCUT2D eigenvalue weighted by molar-refractivity contribution is 5.94. The quantitative estimate of drug-likeness (QED) is 0.856. The Labute approximate surface area is 116 Å². The van der Waals surface area contributed by atoms with Crippen molar-refractivity contribution in [1.82, 2.24) is 4.90 Å². The SMILES string of the molecule is CC(C)CC(C)N(C)C(=O)c1ccc(CCN)cc1. The fourth-order valence-electron chi connectivity index (χ4n) is 2.22. The maximum Gasteiger partial charge on any atom is 0.253 e. The van der Waals surface area contributed by atoms with Gasteiger partial charge in [0.15, 0.2) is 0 Å². The second-order valence-corrected chi connectivity index (χ2v) is 5.63. The van der Waals surface area contributed by atoms with E-state index in [1.54, 1.807) is 0 Å². The number of rotatable bonds is 6. The number of amides is 1. The lowest BCUT2D eigenvalue weighted by atomic mass is 10.0. The van der Waals surface area contributed by atoms with Crippen LogP contribution >= 0.6 is 0 Å². The van der Waals surface area contributed by atoms with Crippen LogP contribution in [0.5, 0.6) is 0 Å². The van der Waals surface area contributed by atoms with Crippen LogP contribution < -0.4 is 5.73 Å². The van der Waals surface area contributed by atoms with Gasteiger partial charge >= 0.3 is 0 Å². The highest BCUT2D eigenvalue weighted by Gasteiger charge is 2.18. The second kappa shape index (κ2) is 7.29. The summed E-state index contributed by atoms with van der Waals surface area (Å²) < 4.78 is 0. The average molecular weight is 262 g/mol. The first-order chi connectivity index (χ1) is 8.95. The maximum absolute atomic E-state index is 12.3. The minimum absolute atomic E-state index is 0.0902. The molecule has 0 bridgehead atoms. The van der Waals surface area contributed by atoms with Crippen molar-refractivity contribution in [2.75, 3.05) is 13.6 Å². The summed E-state index contributed by atoms with van der Waals surface area (Å²) in [6.07, 6.45) is 1.88. The van der Waals surface area contributed by atoms with E-state index in [2.05, 4.69) is 20.8 Å². The van der Waals surface area contributed by atoms with Crippen LogP contribution in [0.1, 0.15) is 43.1 Å². The van der Waals surface area contributed by atoms with E-state index in [1.165, 1.54) is 5.56 Å². The summed E-state index contributed by atoms with van der Waals surface area (Å²) in [6, 6.07) is 8.02. The lowest BCUT2D eigenvalue weighted by Gasteiger charge is -2.26. The lowest BCUT2D eigenvalue weighted by molar-refractivity contribution is 0.0728. The molecule has 1 aromatic carbocycles. The van der Waals surface area contributed by atoms with Crippen LogP contribution in [0, 0.1) is 5.92 Å². The number of carbonyl (C=O) groups is 1. The zero-order chi connectivity index (χ0) is 14.4. The van der Waals surface area contributed by atoms with Crippen LogP contribution in [0.3, 0.4) is 0 Å². The van der Waals surface area contributed by atoms with Crippen LogP contribution in [0.25, 0.3) is 0 Å². The second-order valence-electron chi connectivity index (χ2n) is 5.63. The first-order valence-electron chi connectivity index (χ1n) is 7.01. The standard InChI is InChI=1S/C16H26N2O/c1-12(2)11-13(3)18(4)16(19)15-7-5-14(6-8-15)9-10-17/h5-8,12-13H,9-11,17H2,1-4H3. The summed E-state index contributed by atoms with van der Waals surface area (Å²) >= 11 is 0. The molecule has 3 heteroatoms. The van der Waals surface area contributed by atoms with Crippen molar-refractivity contribution in [3.8, 4) is 0 Å². The van der Waals surface area contributed by atoms with Gasteiger partial charge in [-0.1, -0.05) is 26.0 Å². The van der Waals surface area contributed by atoms with E-state index in [0.29, 0.717) is 12.5 Å². The number of benzene rings is 1. The molecule has 1 atom stereocenters. The molecule has 1 unspecified atom stereocenters. The molecule has 1 amide bonds. The molecule has 3 nitrogen and oxygen atoms in total. The first kappa shape index (κ1) is 15.7. The summed E-state index contributed by atoms with van der Waals surface area (Å²) in [5.74, 6) is 0.685. The molecule has 0 aromatic heterocycles. The van der Waals surface area contributed by atoms with E-state index >= 15 is 0 Å². The summed E-state index contributed by atoms with van der Waals surface area (Å²) in [5, 5.41) is 0. The topological polar surface area (TPSA) is 46.3 Å². The van der Waals surface area contributed by atoms with Gasteiger partial charge in [-0.25, -0.2) is 0 Å². The van der Waals surface area contributed by atoms with Gasteiger partial charge in [0.2, 0.25) is 0 Å². The molecule has 106 valence electrons. The highest BCUT2D eigenvalue weighted by atomic mass is 16.2. The van der Waals surface area contributed by atoms with E-state index < -0.39 is 0 Å². The molecule has 2 N–H and O–H groups in total. The van der Waals surface area contributed by atoms with Gasteiger partial charge in [-0.3, -0.25) is 4.79 Å². The van der Waals surface area contributed by atoms with Crippen LogP contribution in [0.15, 0.2) is 24.3 Å². The van der Waals surface area contributed by atoms with Crippen molar-refractivity contribution in [2.24, 2.45) is 11.7 Å². The van der Waals surface area contributed by atoms with E-state index in [0.717, 1.165) is 18.4 Å². The largest absolute Gasteiger partial charge is 0.339 e. The Kier molecular flexibility index (Phi) is 6.03. The molecule has 19 heavy (non-hydrogen) atoms. The van der Waals surface area contributed by atoms with E-state index in [1.807, 2.05) is 36.2 Å². The monoisotopic (exact) mass is 262 g/mol. The summed E-state index contributed by atoms with van der Waals surface area (Å²) in [5.41, 5.74) is 7.44. The van der Waals surface area contributed by atoms with Crippen molar-refractivity contribution < 1.29 is 4.79 Å². The van der Waals surface area contributed by atoms with Gasteiger partial charge in [0, 0.05) is 18.7 Å². The fraction of sp³-hybridized carbons (Fsp3) is 0.562. The maximum atomic E-state index is 12.3. The normalized spacial score (nSPS) is 12.5. The predicted octanol–water partition coefficient (Wildman–Crippen LogP) is 2.69. The number of hydrogen-bond donors (Lipinski definition) is 1. The molecule has 0 spiro atoms. The molecule has 0 fully saturated rings. The smallest absolute Gasteiger partial charge is 0.253 e. The Morgan fingerprint density at radius 3 is 2.26 bits per heavy atom. The molecule has 1 rings (SSSR count). The molecule has 1 aromatic rings. The minimum Gasteiger partial charge on any atom is -0.339 e. The van der Waals surface area contributed by atoms with Crippen LogP contribution in [-0.4, -0.2) is 30.4 Å². The molecule has 0 aliphatic rings.